The zero-order valence-electron chi connectivity index (χ0n) is 29.4. The van der Waals surface area contributed by atoms with Gasteiger partial charge in [-0.15, -0.1) is 0 Å². The van der Waals surface area contributed by atoms with Crippen molar-refractivity contribution >= 4 is 27.7 Å². The van der Waals surface area contributed by atoms with Gasteiger partial charge in [-0.1, -0.05) is 108 Å². The van der Waals surface area contributed by atoms with E-state index in [2.05, 4.69) is 80.7 Å². The minimum Gasteiger partial charge on any atom is -0.339 e. The molecule has 0 radical (unpaired) electrons. The minimum absolute atomic E-state index is 0.129. The summed E-state index contributed by atoms with van der Waals surface area (Å²) in [5.74, 6) is 1.91. The summed E-state index contributed by atoms with van der Waals surface area (Å²) in [6, 6.07) is 35.0. The number of hydrogen-bond donors (Lipinski definition) is 1. The van der Waals surface area contributed by atoms with Crippen LogP contribution in [-0.4, -0.2) is 54.3 Å². The molecule has 50 heavy (non-hydrogen) atoms. The summed E-state index contributed by atoms with van der Waals surface area (Å²) in [4.78, 5) is 31.4. The molecule has 2 heterocycles. The van der Waals surface area contributed by atoms with E-state index in [0.717, 1.165) is 82.9 Å². The maximum Gasteiger partial charge on any atom is 0.253 e. The first-order valence-corrected chi connectivity index (χ1v) is 19.5. The number of likely N-dealkylation sites (tertiary alicyclic amines) is 1. The van der Waals surface area contributed by atoms with Crippen LogP contribution in [-0.2, 0) is 24.2 Å². The second-order valence-electron chi connectivity index (χ2n) is 14.3. The van der Waals surface area contributed by atoms with Gasteiger partial charge in [0.1, 0.15) is 0 Å². The fraction of sp³-hybridized carbons (Fsp3) is 0.409. The molecule has 0 spiro atoms. The Morgan fingerprint density at radius 3 is 2.10 bits per heavy atom. The topological polar surface area (TPSA) is 52.7 Å². The molecule has 0 bridgehead atoms. The van der Waals surface area contributed by atoms with Gasteiger partial charge >= 0.3 is 0 Å². The van der Waals surface area contributed by atoms with E-state index in [1.807, 2.05) is 53.4 Å². The summed E-state index contributed by atoms with van der Waals surface area (Å²) in [6.07, 6.45) is 11.1. The number of carbonyl (C=O) groups excluding carboxylic acids is 2. The number of aryl methyl sites for hydroxylation is 1. The Morgan fingerprint density at radius 1 is 0.700 bits per heavy atom. The number of hydrogen-bond acceptors (Lipinski definition) is 3. The number of rotatable bonds is 14. The average Bonchev–Trinajstić information content (AvgIpc) is 3.16. The number of nitrogens with one attached hydrogen (secondary N) is 1. The van der Waals surface area contributed by atoms with Crippen molar-refractivity contribution in [3.8, 4) is 11.1 Å². The van der Waals surface area contributed by atoms with Gasteiger partial charge in [-0.3, -0.25) is 9.59 Å². The summed E-state index contributed by atoms with van der Waals surface area (Å²) in [5.41, 5.74) is 6.24. The fourth-order valence-corrected chi connectivity index (χ4v) is 7.94. The molecule has 0 aromatic heterocycles. The van der Waals surface area contributed by atoms with Gasteiger partial charge in [-0.05, 0) is 122 Å². The molecule has 6 rings (SSSR count). The predicted octanol–water partition coefficient (Wildman–Crippen LogP) is 9.34. The number of carbonyl (C=O) groups is 2. The normalized spacial score (nSPS) is 15.6. The molecule has 0 saturated carbocycles. The lowest BCUT2D eigenvalue weighted by Gasteiger charge is -2.32. The van der Waals surface area contributed by atoms with Crippen molar-refractivity contribution in [3.05, 3.63) is 130 Å². The van der Waals surface area contributed by atoms with Gasteiger partial charge in [0.05, 0.1) is 6.42 Å². The monoisotopic (exact) mass is 733 g/mol. The van der Waals surface area contributed by atoms with Gasteiger partial charge in [0.25, 0.3) is 5.91 Å². The number of amides is 2. The lowest BCUT2D eigenvalue weighted by Crippen LogP contribution is -2.38. The van der Waals surface area contributed by atoms with E-state index in [4.69, 9.17) is 0 Å². The van der Waals surface area contributed by atoms with Crippen LogP contribution in [0.5, 0.6) is 0 Å². The number of nitrogens with zero attached hydrogens (tertiary/aromatic N) is 2. The first-order valence-electron chi connectivity index (χ1n) is 18.8. The van der Waals surface area contributed by atoms with Crippen LogP contribution < -0.4 is 5.32 Å². The van der Waals surface area contributed by atoms with Crippen molar-refractivity contribution < 1.29 is 9.59 Å². The second-order valence-corrected chi connectivity index (χ2v) is 15.3. The number of halogens is 1. The zero-order chi connectivity index (χ0) is 34.5. The van der Waals surface area contributed by atoms with E-state index in [1.54, 1.807) is 0 Å². The fourth-order valence-electron chi connectivity index (χ4n) is 7.67. The third-order valence-corrected chi connectivity index (χ3v) is 11.2. The van der Waals surface area contributed by atoms with E-state index in [1.165, 1.54) is 50.8 Å². The average molecular weight is 735 g/mol. The first kappa shape index (κ1) is 36.1. The molecule has 4 aromatic carbocycles. The van der Waals surface area contributed by atoms with E-state index in [0.29, 0.717) is 19.5 Å². The first-order chi connectivity index (χ1) is 24.5. The maximum atomic E-state index is 13.7. The lowest BCUT2D eigenvalue weighted by molar-refractivity contribution is -0.131. The Bertz CT molecular complexity index is 1660. The Morgan fingerprint density at radius 2 is 1.36 bits per heavy atom. The van der Waals surface area contributed by atoms with E-state index in [-0.39, 0.29) is 11.8 Å². The zero-order valence-corrected chi connectivity index (χ0v) is 31.0. The molecule has 0 atom stereocenters. The predicted molar refractivity (Wildman–Crippen MR) is 208 cm³/mol. The molecule has 2 fully saturated rings. The molecular formula is C44H52BrN3O2. The van der Waals surface area contributed by atoms with Crippen molar-refractivity contribution in [2.75, 3.05) is 32.7 Å². The van der Waals surface area contributed by atoms with Crippen LogP contribution in [0.1, 0.15) is 78.4 Å². The van der Waals surface area contributed by atoms with Crippen molar-refractivity contribution in [3.63, 3.8) is 0 Å². The smallest absolute Gasteiger partial charge is 0.253 e. The van der Waals surface area contributed by atoms with Gasteiger partial charge in [0.15, 0.2) is 0 Å². The molecule has 1 N–H and O–H groups in total. The largest absolute Gasteiger partial charge is 0.339 e. The van der Waals surface area contributed by atoms with Gasteiger partial charge in [-0.25, -0.2) is 0 Å². The molecule has 2 aliphatic heterocycles. The minimum atomic E-state index is 0.129. The van der Waals surface area contributed by atoms with Gasteiger partial charge in [0, 0.05) is 36.2 Å². The standard InChI is InChI=1S/C44H52BrN3O2/c45-42-19-17-37(18-20-42)31-43(49)48(27-7-13-34-8-2-1-3-9-34)33-38-12-5-14-39(30-38)40-15-6-16-41(32-40)44(50)47-28-23-36(24-29-47)11-4-10-35-21-25-46-26-22-35/h1-3,5-6,8-9,12,14-20,30,32,35-36,46H,4,7,10-11,13,21-29,31,33H2. The van der Waals surface area contributed by atoms with Gasteiger partial charge in [0.2, 0.25) is 5.91 Å². The van der Waals surface area contributed by atoms with Gasteiger partial charge in [-0.2, -0.15) is 0 Å². The summed E-state index contributed by atoms with van der Waals surface area (Å²) >= 11 is 3.50. The van der Waals surface area contributed by atoms with Crippen LogP contribution in [0.25, 0.3) is 11.1 Å². The number of benzene rings is 4. The van der Waals surface area contributed by atoms with Crippen LogP contribution in [0.2, 0.25) is 0 Å². The van der Waals surface area contributed by atoms with Crippen LogP contribution in [0.15, 0.2) is 108 Å². The lowest BCUT2D eigenvalue weighted by atomic mass is 9.87. The molecule has 6 heteroatoms. The van der Waals surface area contributed by atoms with Crippen molar-refractivity contribution in [2.24, 2.45) is 11.8 Å². The van der Waals surface area contributed by atoms with E-state index in [9.17, 15) is 9.59 Å². The maximum absolute atomic E-state index is 13.7. The van der Waals surface area contributed by atoms with E-state index < -0.39 is 0 Å². The molecule has 4 aromatic rings. The Kier molecular flexibility index (Phi) is 13.3. The van der Waals surface area contributed by atoms with Crippen molar-refractivity contribution in [1.29, 1.82) is 0 Å². The van der Waals surface area contributed by atoms with Crippen molar-refractivity contribution in [2.45, 2.75) is 70.8 Å². The molecule has 5 nitrogen and oxygen atoms in total. The van der Waals surface area contributed by atoms with Crippen molar-refractivity contribution in [1.82, 2.24) is 15.1 Å². The SMILES string of the molecule is O=C(Cc1ccc(Br)cc1)N(CCCc1ccccc1)Cc1cccc(-c2cccc(C(=O)N3CCC(CCCC4CCNCC4)CC3)c2)c1. The molecule has 0 unspecified atom stereocenters. The van der Waals surface area contributed by atoms with Crippen LogP contribution >= 0.6 is 15.9 Å². The highest BCUT2D eigenvalue weighted by Crippen LogP contribution is 2.28. The van der Waals surface area contributed by atoms with Crippen LogP contribution in [0.3, 0.4) is 0 Å². The molecule has 2 aliphatic rings. The molecule has 262 valence electrons. The third kappa shape index (κ3) is 10.6. The molecule has 2 amide bonds. The van der Waals surface area contributed by atoms with E-state index >= 15 is 0 Å². The van der Waals surface area contributed by atoms with Gasteiger partial charge < -0.3 is 15.1 Å². The highest BCUT2D eigenvalue weighted by atomic mass is 79.9. The second kappa shape index (κ2) is 18.5. The summed E-state index contributed by atoms with van der Waals surface area (Å²) in [5, 5.41) is 3.48. The third-order valence-electron chi connectivity index (χ3n) is 10.7. The summed E-state index contributed by atoms with van der Waals surface area (Å²) in [6.45, 7) is 5.30. The Balaban J connectivity index is 1.06. The van der Waals surface area contributed by atoms with Crippen LogP contribution in [0, 0.1) is 11.8 Å². The van der Waals surface area contributed by atoms with Crippen LogP contribution in [0.4, 0.5) is 0 Å². The molecular weight excluding hydrogens is 682 g/mol. The summed E-state index contributed by atoms with van der Waals surface area (Å²) in [7, 11) is 0. The number of piperidine rings is 2. The highest BCUT2D eigenvalue weighted by Gasteiger charge is 2.24. The Labute approximate surface area is 307 Å². The Hall–Kier alpha value is -3.74. The quantitative estimate of drug-likeness (QED) is 0.141. The molecule has 0 aliphatic carbocycles. The summed E-state index contributed by atoms with van der Waals surface area (Å²) < 4.78 is 1.01. The highest BCUT2D eigenvalue weighted by molar-refractivity contribution is 9.10. The molecule has 2 saturated heterocycles.